The van der Waals surface area contributed by atoms with E-state index in [0.29, 0.717) is 12.6 Å². The molecule has 0 N–H and O–H groups in total. The Morgan fingerprint density at radius 2 is 1.89 bits per heavy atom. The van der Waals surface area contributed by atoms with Gasteiger partial charge in [-0.1, -0.05) is 6.07 Å². The van der Waals surface area contributed by atoms with Crippen molar-refractivity contribution in [3.63, 3.8) is 0 Å². The minimum atomic E-state index is 0.0998. The lowest BCUT2D eigenvalue weighted by atomic mass is 10.0. The van der Waals surface area contributed by atoms with Gasteiger partial charge in [-0.2, -0.15) is 0 Å². The van der Waals surface area contributed by atoms with Crippen LogP contribution in [0, 0.1) is 6.92 Å². The predicted molar refractivity (Wildman–Crippen MR) is 106 cm³/mol. The molecule has 1 amide bonds. The molecular formula is C22H25N3O2. The first-order valence-corrected chi connectivity index (χ1v) is 9.61. The van der Waals surface area contributed by atoms with Crippen LogP contribution in [0.1, 0.15) is 41.7 Å². The number of piperidine rings is 1. The van der Waals surface area contributed by atoms with Crippen molar-refractivity contribution in [3.05, 3.63) is 59.9 Å². The fourth-order valence-corrected chi connectivity index (χ4v) is 3.82. The molecule has 5 nitrogen and oxygen atoms in total. The highest BCUT2D eigenvalue weighted by Gasteiger charge is 2.25. The number of hydrogen-bond donors (Lipinski definition) is 0. The number of nitrogens with zero attached hydrogens (tertiary/aromatic N) is 3. The van der Waals surface area contributed by atoms with E-state index < -0.39 is 0 Å². The quantitative estimate of drug-likeness (QED) is 0.697. The van der Waals surface area contributed by atoms with Crippen molar-refractivity contribution in [1.82, 2.24) is 14.5 Å². The van der Waals surface area contributed by atoms with Gasteiger partial charge in [0.15, 0.2) is 0 Å². The molecule has 0 aliphatic carbocycles. The Kier molecular flexibility index (Phi) is 4.84. The second-order valence-corrected chi connectivity index (χ2v) is 7.12. The van der Waals surface area contributed by atoms with Gasteiger partial charge in [-0.15, -0.1) is 0 Å². The average Bonchev–Trinajstić information content (AvgIpc) is 3.11. The number of aryl methyl sites for hydroxylation is 1. The number of likely N-dealkylation sites (tertiary alicyclic amines) is 1. The summed E-state index contributed by atoms with van der Waals surface area (Å²) < 4.78 is 7.73. The van der Waals surface area contributed by atoms with Crippen molar-refractivity contribution in [3.8, 4) is 5.75 Å². The fourth-order valence-electron chi connectivity index (χ4n) is 3.82. The number of amides is 1. The Bertz CT molecular complexity index is 938. The van der Waals surface area contributed by atoms with Crippen LogP contribution < -0.4 is 4.74 Å². The van der Waals surface area contributed by atoms with E-state index in [0.717, 1.165) is 42.8 Å². The number of ether oxygens (including phenoxy) is 1. The molecule has 1 aromatic heterocycles. The molecule has 0 spiro atoms. The minimum absolute atomic E-state index is 0.0998. The van der Waals surface area contributed by atoms with Gasteiger partial charge in [0, 0.05) is 24.7 Å². The van der Waals surface area contributed by atoms with Crippen molar-refractivity contribution in [2.45, 2.75) is 32.7 Å². The normalized spacial score (nSPS) is 15.3. The van der Waals surface area contributed by atoms with Gasteiger partial charge >= 0.3 is 0 Å². The lowest BCUT2D eigenvalue weighted by molar-refractivity contribution is 0.0696. The number of carbonyl (C=O) groups excluding carboxylic acids is 1. The van der Waals surface area contributed by atoms with Gasteiger partial charge in [0.05, 0.1) is 24.0 Å². The zero-order valence-corrected chi connectivity index (χ0v) is 15.9. The molecule has 0 radical (unpaired) electrons. The smallest absolute Gasteiger partial charge is 0.253 e. The van der Waals surface area contributed by atoms with Crippen LogP contribution >= 0.6 is 0 Å². The SMILES string of the molecule is CCOc1ccc(C(=O)N2CCC(n3cnc4ccc(C)cc43)CC2)cc1. The number of aromatic nitrogens is 2. The molecule has 2 heterocycles. The van der Waals surface area contributed by atoms with Crippen LogP contribution in [-0.4, -0.2) is 40.1 Å². The van der Waals surface area contributed by atoms with Crippen molar-refractivity contribution in [2.75, 3.05) is 19.7 Å². The van der Waals surface area contributed by atoms with Crippen LogP contribution in [-0.2, 0) is 0 Å². The van der Waals surface area contributed by atoms with E-state index in [1.165, 1.54) is 11.1 Å². The number of hydrogen-bond acceptors (Lipinski definition) is 3. The van der Waals surface area contributed by atoms with Crippen LogP contribution in [0.5, 0.6) is 5.75 Å². The van der Waals surface area contributed by atoms with Gasteiger partial charge in [-0.25, -0.2) is 4.98 Å². The highest BCUT2D eigenvalue weighted by atomic mass is 16.5. The lowest BCUT2D eigenvalue weighted by Gasteiger charge is -2.33. The van der Waals surface area contributed by atoms with Gasteiger partial charge in [0.1, 0.15) is 5.75 Å². The van der Waals surface area contributed by atoms with Gasteiger partial charge in [0.2, 0.25) is 0 Å². The van der Waals surface area contributed by atoms with E-state index >= 15 is 0 Å². The zero-order valence-electron chi connectivity index (χ0n) is 15.9. The maximum atomic E-state index is 12.8. The van der Waals surface area contributed by atoms with Gasteiger partial charge < -0.3 is 14.2 Å². The summed E-state index contributed by atoms with van der Waals surface area (Å²) in [6, 6.07) is 14.2. The van der Waals surface area contributed by atoms with Gasteiger partial charge in [-0.05, 0) is 68.7 Å². The Morgan fingerprint density at radius 1 is 1.15 bits per heavy atom. The molecule has 140 valence electrons. The molecule has 1 saturated heterocycles. The van der Waals surface area contributed by atoms with Crippen molar-refractivity contribution >= 4 is 16.9 Å². The van der Waals surface area contributed by atoms with E-state index in [2.05, 4.69) is 34.7 Å². The topological polar surface area (TPSA) is 47.4 Å². The maximum absolute atomic E-state index is 12.8. The zero-order chi connectivity index (χ0) is 18.8. The molecule has 1 fully saturated rings. The highest BCUT2D eigenvalue weighted by Crippen LogP contribution is 2.28. The maximum Gasteiger partial charge on any atom is 0.253 e. The summed E-state index contributed by atoms with van der Waals surface area (Å²) in [7, 11) is 0. The Labute approximate surface area is 159 Å². The van der Waals surface area contributed by atoms with E-state index in [-0.39, 0.29) is 5.91 Å². The van der Waals surface area contributed by atoms with Crippen LogP contribution in [0.2, 0.25) is 0 Å². The molecular weight excluding hydrogens is 338 g/mol. The third kappa shape index (κ3) is 3.54. The average molecular weight is 363 g/mol. The first-order valence-electron chi connectivity index (χ1n) is 9.61. The number of rotatable bonds is 4. The second kappa shape index (κ2) is 7.43. The molecule has 2 aromatic carbocycles. The predicted octanol–water partition coefficient (Wildman–Crippen LogP) is 4.22. The van der Waals surface area contributed by atoms with E-state index in [1.54, 1.807) is 0 Å². The summed E-state index contributed by atoms with van der Waals surface area (Å²) >= 11 is 0. The molecule has 0 bridgehead atoms. The summed E-state index contributed by atoms with van der Waals surface area (Å²) in [5, 5.41) is 0. The first kappa shape index (κ1) is 17.6. The molecule has 4 rings (SSSR count). The van der Waals surface area contributed by atoms with Crippen molar-refractivity contribution in [1.29, 1.82) is 0 Å². The first-order chi connectivity index (χ1) is 13.2. The molecule has 5 heteroatoms. The van der Waals surface area contributed by atoms with Crippen molar-refractivity contribution in [2.24, 2.45) is 0 Å². The number of benzene rings is 2. The van der Waals surface area contributed by atoms with Crippen LogP contribution in [0.4, 0.5) is 0 Å². The molecule has 0 atom stereocenters. The highest BCUT2D eigenvalue weighted by molar-refractivity contribution is 5.94. The third-order valence-electron chi connectivity index (χ3n) is 5.29. The fraction of sp³-hybridized carbons (Fsp3) is 0.364. The monoisotopic (exact) mass is 363 g/mol. The summed E-state index contributed by atoms with van der Waals surface area (Å²) in [6.07, 6.45) is 3.84. The molecule has 0 saturated carbocycles. The molecule has 3 aromatic rings. The lowest BCUT2D eigenvalue weighted by Crippen LogP contribution is -2.39. The van der Waals surface area contributed by atoms with Crippen LogP contribution in [0.3, 0.4) is 0 Å². The molecule has 0 unspecified atom stereocenters. The number of fused-ring (bicyclic) bond motifs is 1. The van der Waals surface area contributed by atoms with Crippen LogP contribution in [0.15, 0.2) is 48.8 Å². The van der Waals surface area contributed by atoms with Crippen LogP contribution in [0.25, 0.3) is 11.0 Å². The number of carbonyl (C=O) groups is 1. The Hall–Kier alpha value is -2.82. The third-order valence-corrected chi connectivity index (χ3v) is 5.29. The minimum Gasteiger partial charge on any atom is -0.494 e. The molecule has 27 heavy (non-hydrogen) atoms. The largest absolute Gasteiger partial charge is 0.494 e. The van der Waals surface area contributed by atoms with E-state index in [4.69, 9.17) is 4.74 Å². The van der Waals surface area contributed by atoms with Gasteiger partial charge in [-0.3, -0.25) is 4.79 Å². The molecule has 1 aliphatic rings. The summed E-state index contributed by atoms with van der Waals surface area (Å²) in [5.41, 5.74) is 4.19. The summed E-state index contributed by atoms with van der Waals surface area (Å²) in [5.74, 6) is 0.901. The van der Waals surface area contributed by atoms with E-state index in [9.17, 15) is 4.79 Å². The summed E-state index contributed by atoms with van der Waals surface area (Å²) in [4.78, 5) is 19.3. The number of imidazole rings is 1. The Morgan fingerprint density at radius 3 is 2.59 bits per heavy atom. The molecule has 1 aliphatic heterocycles. The van der Waals surface area contributed by atoms with Gasteiger partial charge in [0.25, 0.3) is 5.91 Å². The standard InChI is InChI=1S/C22H25N3O2/c1-3-27-19-7-5-17(6-8-19)22(26)24-12-10-18(11-13-24)25-15-23-20-9-4-16(2)14-21(20)25/h4-9,14-15,18H,3,10-13H2,1-2H3. The Balaban J connectivity index is 1.43. The summed E-state index contributed by atoms with van der Waals surface area (Å²) in [6.45, 7) is 6.22. The van der Waals surface area contributed by atoms with Crippen molar-refractivity contribution < 1.29 is 9.53 Å². The van der Waals surface area contributed by atoms with E-state index in [1.807, 2.05) is 42.4 Å². The second-order valence-electron chi connectivity index (χ2n) is 7.12.